The lowest BCUT2D eigenvalue weighted by molar-refractivity contribution is 0.0335. The Kier molecular flexibility index (Phi) is 3.75. The minimum absolute atomic E-state index is 0.260. The van der Waals surface area contributed by atoms with E-state index in [1.165, 1.54) is 4.68 Å². The molecule has 0 spiro atoms. The van der Waals surface area contributed by atoms with E-state index >= 15 is 0 Å². The van der Waals surface area contributed by atoms with E-state index in [1.807, 2.05) is 6.92 Å². The highest BCUT2D eigenvalue weighted by atomic mass is 16.5. The van der Waals surface area contributed by atoms with Gasteiger partial charge in [0.25, 0.3) is 0 Å². The molecule has 0 bridgehead atoms. The molecule has 0 aromatic carbocycles. The first-order valence-electron chi connectivity index (χ1n) is 5.81. The zero-order valence-electron chi connectivity index (χ0n) is 9.93. The number of nitrogens with zero attached hydrogens (tertiary/aromatic N) is 3. The molecule has 0 amide bonds. The Morgan fingerprint density at radius 1 is 1.53 bits per heavy atom. The number of hydrogen-bond acceptors (Lipinski definition) is 4. The predicted octanol–water partition coefficient (Wildman–Crippen LogP) is 0.433. The summed E-state index contributed by atoms with van der Waals surface area (Å²) in [5.41, 5.74) is 1.07. The Hall–Kier alpha value is -1.40. The third kappa shape index (κ3) is 2.83. The van der Waals surface area contributed by atoms with Crippen molar-refractivity contribution in [3.8, 4) is 0 Å². The third-order valence-electron chi connectivity index (χ3n) is 2.84. The maximum Gasteiger partial charge on any atom is 0.354 e. The summed E-state index contributed by atoms with van der Waals surface area (Å²) < 4.78 is 6.79. The lowest BCUT2D eigenvalue weighted by Gasteiger charge is -2.25. The topological polar surface area (TPSA) is 67.6 Å². The second-order valence-corrected chi connectivity index (χ2v) is 4.03. The molecule has 1 N–H and O–H groups in total. The fourth-order valence-electron chi connectivity index (χ4n) is 1.95. The van der Waals surface area contributed by atoms with Crippen molar-refractivity contribution in [3.05, 3.63) is 17.5 Å². The SMILES string of the molecule is CCn1nc(CN2CCOCC2)cc1C(=O)O. The van der Waals surface area contributed by atoms with Crippen LogP contribution in [0.5, 0.6) is 0 Å². The molecule has 6 heteroatoms. The maximum absolute atomic E-state index is 11.0. The third-order valence-corrected chi connectivity index (χ3v) is 2.84. The van der Waals surface area contributed by atoms with Crippen molar-refractivity contribution in [1.82, 2.24) is 14.7 Å². The Balaban J connectivity index is 2.07. The minimum atomic E-state index is -0.924. The van der Waals surface area contributed by atoms with Crippen molar-refractivity contribution < 1.29 is 14.6 Å². The summed E-state index contributed by atoms with van der Waals surface area (Å²) in [6.07, 6.45) is 0. The van der Waals surface area contributed by atoms with Gasteiger partial charge in [0.15, 0.2) is 0 Å². The van der Waals surface area contributed by atoms with Gasteiger partial charge in [-0.2, -0.15) is 5.10 Å². The monoisotopic (exact) mass is 239 g/mol. The van der Waals surface area contributed by atoms with Crippen molar-refractivity contribution in [2.45, 2.75) is 20.0 Å². The second-order valence-electron chi connectivity index (χ2n) is 4.03. The molecule has 1 aliphatic rings. The summed E-state index contributed by atoms with van der Waals surface area (Å²) in [6, 6.07) is 1.65. The number of aromatic carboxylic acids is 1. The molecule has 94 valence electrons. The molecule has 0 aliphatic carbocycles. The summed E-state index contributed by atoms with van der Waals surface area (Å²) in [5, 5.41) is 13.3. The van der Waals surface area contributed by atoms with Gasteiger partial charge in [-0.25, -0.2) is 4.79 Å². The van der Waals surface area contributed by atoms with Crippen LogP contribution in [0.15, 0.2) is 6.07 Å². The molecule has 0 atom stereocenters. The van der Waals surface area contributed by atoms with E-state index in [4.69, 9.17) is 9.84 Å². The normalized spacial score (nSPS) is 17.2. The average Bonchev–Trinajstić information content (AvgIpc) is 2.73. The zero-order chi connectivity index (χ0) is 12.3. The molecule has 6 nitrogen and oxygen atoms in total. The molecule has 0 saturated carbocycles. The first-order chi connectivity index (χ1) is 8.20. The maximum atomic E-state index is 11.0. The van der Waals surface area contributed by atoms with Crippen LogP contribution in [0.2, 0.25) is 0 Å². The Morgan fingerprint density at radius 2 is 2.24 bits per heavy atom. The van der Waals surface area contributed by atoms with Crippen LogP contribution in [0, 0.1) is 0 Å². The van der Waals surface area contributed by atoms with Gasteiger partial charge in [0.2, 0.25) is 0 Å². The fraction of sp³-hybridized carbons (Fsp3) is 0.636. The van der Waals surface area contributed by atoms with Crippen LogP contribution in [0.25, 0.3) is 0 Å². The zero-order valence-corrected chi connectivity index (χ0v) is 9.93. The lowest BCUT2D eigenvalue weighted by Crippen LogP contribution is -2.35. The average molecular weight is 239 g/mol. The van der Waals surface area contributed by atoms with Crippen molar-refractivity contribution in [1.29, 1.82) is 0 Å². The van der Waals surface area contributed by atoms with Crippen LogP contribution in [0.4, 0.5) is 0 Å². The van der Waals surface area contributed by atoms with Gasteiger partial charge in [-0.15, -0.1) is 0 Å². The van der Waals surface area contributed by atoms with E-state index in [0.717, 1.165) is 32.0 Å². The molecular weight excluding hydrogens is 222 g/mol. The number of carboxylic acid groups (broad SMARTS) is 1. The number of hydrogen-bond donors (Lipinski definition) is 1. The van der Waals surface area contributed by atoms with Gasteiger partial charge in [-0.3, -0.25) is 9.58 Å². The molecule has 1 aliphatic heterocycles. The van der Waals surface area contributed by atoms with Crippen LogP contribution in [-0.4, -0.2) is 52.1 Å². The largest absolute Gasteiger partial charge is 0.477 e. The number of aryl methyl sites for hydroxylation is 1. The number of rotatable bonds is 4. The number of aromatic nitrogens is 2. The Labute approximate surface area is 99.8 Å². The first-order valence-corrected chi connectivity index (χ1v) is 5.81. The number of ether oxygens (including phenoxy) is 1. The highest BCUT2D eigenvalue weighted by molar-refractivity contribution is 5.85. The molecule has 1 fully saturated rings. The van der Waals surface area contributed by atoms with Gasteiger partial charge < -0.3 is 9.84 Å². The van der Waals surface area contributed by atoms with E-state index in [0.29, 0.717) is 13.1 Å². The molecule has 0 radical (unpaired) electrons. The van der Waals surface area contributed by atoms with E-state index in [2.05, 4.69) is 10.00 Å². The van der Waals surface area contributed by atoms with E-state index < -0.39 is 5.97 Å². The Bertz CT molecular complexity index is 397. The van der Waals surface area contributed by atoms with Crippen LogP contribution >= 0.6 is 0 Å². The molecule has 17 heavy (non-hydrogen) atoms. The van der Waals surface area contributed by atoms with Crippen LogP contribution in [0.3, 0.4) is 0 Å². The molecule has 1 saturated heterocycles. The Morgan fingerprint density at radius 3 is 2.76 bits per heavy atom. The number of morpholine rings is 1. The number of carboxylic acids is 1. The summed E-state index contributed by atoms with van der Waals surface area (Å²) in [5.74, 6) is -0.924. The summed E-state index contributed by atoms with van der Waals surface area (Å²) in [7, 11) is 0. The summed E-state index contributed by atoms with van der Waals surface area (Å²) in [4.78, 5) is 13.2. The summed E-state index contributed by atoms with van der Waals surface area (Å²) >= 11 is 0. The summed E-state index contributed by atoms with van der Waals surface area (Å²) in [6.45, 7) is 6.38. The van der Waals surface area contributed by atoms with E-state index in [-0.39, 0.29) is 5.69 Å². The second kappa shape index (κ2) is 5.29. The first kappa shape index (κ1) is 12.1. The predicted molar refractivity (Wildman–Crippen MR) is 61.0 cm³/mol. The fourth-order valence-corrected chi connectivity index (χ4v) is 1.95. The standard InChI is InChI=1S/C11H17N3O3/c1-2-14-10(11(15)16)7-9(12-14)8-13-3-5-17-6-4-13/h7H,2-6,8H2,1H3,(H,15,16). The van der Waals surface area contributed by atoms with Crippen molar-refractivity contribution in [2.75, 3.05) is 26.3 Å². The molecule has 2 rings (SSSR count). The van der Waals surface area contributed by atoms with E-state index in [1.54, 1.807) is 6.07 Å². The van der Waals surface area contributed by atoms with Gasteiger partial charge >= 0.3 is 5.97 Å². The van der Waals surface area contributed by atoms with Crippen LogP contribution in [-0.2, 0) is 17.8 Å². The molecule has 1 aromatic rings. The highest BCUT2D eigenvalue weighted by Crippen LogP contribution is 2.09. The van der Waals surface area contributed by atoms with Gasteiger partial charge in [-0.05, 0) is 13.0 Å². The molecule has 1 aromatic heterocycles. The van der Waals surface area contributed by atoms with Crippen molar-refractivity contribution >= 4 is 5.97 Å². The van der Waals surface area contributed by atoms with Gasteiger partial charge in [0.1, 0.15) is 5.69 Å². The van der Waals surface area contributed by atoms with E-state index in [9.17, 15) is 4.79 Å². The van der Waals surface area contributed by atoms with Crippen molar-refractivity contribution in [3.63, 3.8) is 0 Å². The van der Waals surface area contributed by atoms with Crippen LogP contribution in [0.1, 0.15) is 23.1 Å². The molecule has 2 heterocycles. The molecular formula is C11H17N3O3. The quantitative estimate of drug-likeness (QED) is 0.825. The van der Waals surface area contributed by atoms with Gasteiger partial charge in [0.05, 0.1) is 18.9 Å². The van der Waals surface area contributed by atoms with Crippen molar-refractivity contribution in [2.24, 2.45) is 0 Å². The molecule has 0 unspecified atom stereocenters. The number of carbonyl (C=O) groups is 1. The smallest absolute Gasteiger partial charge is 0.354 e. The lowest BCUT2D eigenvalue weighted by atomic mass is 10.3. The highest BCUT2D eigenvalue weighted by Gasteiger charge is 2.16. The van der Waals surface area contributed by atoms with Gasteiger partial charge in [0, 0.05) is 26.2 Å². The van der Waals surface area contributed by atoms with Crippen LogP contribution < -0.4 is 0 Å². The minimum Gasteiger partial charge on any atom is -0.477 e. The van der Waals surface area contributed by atoms with Gasteiger partial charge in [-0.1, -0.05) is 0 Å².